The van der Waals surface area contributed by atoms with Gasteiger partial charge in [0, 0.05) is 24.2 Å². The molecule has 0 bridgehead atoms. The summed E-state index contributed by atoms with van der Waals surface area (Å²) in [7, 11) is 0. The molecule has 2 heterocycles. The average molecular weight is 258 g/mol. The maximum absolute atomic E-state index is 11.5. The molecule has 0 radical (unpaired) electrons. The van der Waals surface area contributed by atoms with Crippen LogP contribution in [0.3, 0.4) is 0 Å². The molecule has 1 N–H and O–H groups in total. The van der Waals surface area contributed by atoms with Crippen molar-refractivity contribution in [3.05, 3.63) is 16.1 Å². The number of thioether (sulfide) groups is 1. The van der Waals surface area contributed by atoms with E-state index >= 15 is 0 Å². The maximum Gasteiger partial charge on any atom is 0.232 e. The van der Waals surface area contributed by atoms with Crippen LogP contribution in [0.2, 0.25) is 0 Å². The molecule has 0 spiro atoms. The molecular formula is C10H14N2O2S2. The Hall–Kier alpha value is -0.590. The van der Waals surface area contributed by atoms with Crippen LogP contribution in [0.4, 0.5) is 0 Å². The number of aryl methyl sites for hydroxylation is 1. The molecule has 1 aliphatic rings. The number of rotatable bonds is 4. The summed E-state index contributed by atoms with van der Waals surface area (Å²) in [6.45, 7) is 2.97. The van der Waals surface area contributed by atoms with E-state index in [1.54, 1.807) is 28.0 Å². The van der Waals surface area contributed by atoms with Crippen molar-refractivity contribution in [1.29, 1.82) is 0 Å². The minimum atomic E-state index is -0.310. The van der Waals surface area contributed by atoms with Crippen LogP contribution in [0.5, 0.6) is 0 Å². The number of hydrogen-bond acceptors (Lipinski definition) is 5. The normalized spacial score (nSPS) is 16.2. The van der Waals surface area contributed by atoms with E-state index in [2.05, 4.69) is 4.98 Å². The summed E-state index contributed by atoms with van der Waals surface area (Å²) in [4.78, 5) is 17.6. The fourth-order valence-corrected chi connectivity index (χ4v) is 3.00. The third-order valence-corrected chi connectivity index (χ3v) is 4.13. The van der Waals surface area contributed by atoms with Crippen molar-refractivity contribution in [1.82, 2.24) is 9.88 Å². The minimum absolute atomic E-state index is 0.113. The van der Waals surface area contributed by atoms with Crippen molar-refractivity contribution in [3.8, 4) is 0 Å². The first-order valence-electron chi connectivity index (χ1n) is 5.10. The van der Waals surface area contributed by atoms with Gasteiger partial charge in [-0.05, 0) is 6.92 Å². The summed E-state index contributed by atoms with van der Waals surface area (Å²) < 4.78 is 0. The molecule has 1 saturated heterocycles. The van der Waals surface area contributed by atoms with Gasteiger partial charge in [-0.25, -0.2) is 4.98 Å². The van der Waals surface area contributed by atoms with E-state index in [0.717, 1.165) is 16.5 Å². The molecular weight excluding hydrogens is 244 g/mol. The maximum atomic E-state index is 11.5. The van der Waals surface area contributed by atoms with Gasteiger partial charge in [0.25, 0.3) is 0 Å². The Morgan fingerprint density at radius 2 is 2.50 bits per heavy atom. The van der Waals surface area contributed by atoms with Gasteiger partial charge in [-0.1, -0.05) is 0 Å². The minimum Gasteiger partial charge on any atom is -0.389 e. The van der Waals surface area contributed by atoms with E-state index in [4.69, 9.17) is 5.11 Å². The summed E-state index contributed by atoms with van der Waals surface area (Å²) in [6, 6.07) is 0. The zero-order valence-electron chi connectivity index (χ0n) is 9.05. The Morgan fingerprint density at radius 3 is 3.06 bits per heavy atom. The summed E-state index contributed by atoms with van der Waals surface area (Å²) in [5, 5.41) is 12.2. The summed E-state index contributed by atoms with van der Waals surface area (Å²) in [5.41, 5.74) is 1.05. The van der Waals surface area contributed by atoms with Crippen LogP contribution in [-0.2, 0) is 10.5 Å². The van der Waals surface area contributed by atoms with Crippen molar-refractivity contribution in [2.24, 2.45) is 0 Å². The third kappa shape index (κ3) is 2.96. The number of aromatic nitrogens is 1. The summed E-state index contributed by atoms with van der Waals surface area (Å²) in [5.74, 6) is 1.37. The Bertz CT molecular complexity index is 375. The summed E-state index contributed by atoms with van der Waals surface area (Å²) >= 11 is 3.21. The predicted molar refractivity (Wildman–Crippen MR) is 65.6 cm³/mol. The van der Waals surface area contributed by atoms with Crippen LogP contribution in [0.25, 0.3) is 0 Å². The molecule has 2 rings (SSSR count). The zero-order valence-corrected chi connectivity index (χ0v) is 10.7. The molecule has 6 heteroatoms. The number of aliphatic hydroxyl groups is 1. The second kappa shape index (κ2) is 5.16. The smallest absolute Gasteiger partial charge is 0.232 e. The lowest BCUT2D eigenvalue weighted by Crippen LogP contribution is -2.54. The fourth-order valence-electron chi connectivity index (χ4n) is 1.47. The highest BCUT2D eigenvalue weighted by Gasteiger charge is 2.28. The van der Waals surface area contributed by atoms with Gasteiger partial charge in [0.15, 0.2) is 0 Å². The number of hydrogen-bond donors (Lipinski definition) is 1. The largest absolute Gasteiger partial charge is 0.389 e. The fraction of sp³-hybridized carbons (Fsp3) is 0.600. The second-order valence-electron chi connectivity index (χ2n) is 3.80. The van der Waals surface area contributed by atoms with E-state index < -0.39 is 0 Å². The van der Waals surface area contributed by atoms with Gasteiger partial charge in [0.2, 0.25) is 5.91 Å². The van der Waals surface area contributed by atoms with Crippen molar-refractivity contribution in [2.75, 3.05) is 18.8 Å². The Kier molecular flexibility index (Phi) is 3.83. The number of carbonyl (C=O) groups is 1. The van der Waals surface area contributed by atoms with Crippen molar-refractivity contribution < 1.29 is 9.90 Å². The van der Waals surface area contributed by atoms with Gasteiger partial charge in [-0.15, -0.1) is 23.1 Å². The summed E-state index contributed by atoms with van der Waals surface area (Å²) in [6.07, 6.45) is -0.310. The van der Waals surface area contributed by atoms with E-state index in [1.165, 1.54) is 0 Å². The number of β-amino-alcohol motifs (C(OH)–C–C–N with tert-alkyl or cyclic N) is 1. The number of amides is 1. The molecule has 1 aromatic heterocycles. The molecule has 4 nitrogen and oxygen atoms in total. The van der Waals surface area contributed by atoms with Gasteiger partial charge in [0.1, 0.15) is 0 Å². The monoisotopic (exact) mass is 258 g/mol. The molecule has 0 aromatic carbocycles. The number of nitrogens with zero attached hydrogens (tertiary/aromatic N) is 2. The van der Waals surface area contributed by atoms with E-state index in [0.29, 0.717) is 18.8 Å². The van der Waals surface area contributed by atoms with Gasteiger partial charge < -0.3 is 10.0 Å². The number of carbonyl (C=O) groups excluding carboxylic acids is 1. The first-order valence-corrected chi connectivity index (χ1v) is 7.13. The standard InChI is InChI=1S/C10H14N2O2S2/c1-7-11-8(5-16-7)4-15-6-10(14)12-2-9(13)3-12/h5,9,13H,2-4,6H2,1H3. The van der Waals surface area contributed by atoms with Crippen molar-refractivity contribution in [2.45, 2.75) is 18.8 Å². The number of aliphatic hydroxyl groups excluding tert-OH is 1. The third-order valence-electron chi connectivity index (χ3n) is 2.36. The van der Waals surface area contributed by atoms with Crippen LogP contribution in [-0.4, -0.2) is 45.8 Å². The van der Waals surface area contributed by atoms with Crippen molar-refractivity contribution >= 4 is 29.0 Å². The Balaban J connectivity index is 1.66. The first-order chi connectivity index (χ1) is 7.65. The molecule has 0 aliphatic carbocycles. The Labute approximate surface area is 103 Å². The quantitative estimate of drug-likeness (QED) is 0.871. The Morgan fingerprint density at radius 1 is 1.75 bits per heavy atom. The lowest BCUT2D eigenvalue weighted by Gasteiger charge is -2.35. The predicted octanol–water partition coefficient (Wildman–Crippen LogP) is 0.888. The zero-order chi connectivity index (χ0) is 11.5. The van der Waals surface area contributed by atoms with E-state index in [9.17, 15) is 4.79 Å². The molecule has 0 saturated carbocycles. The lowest BCUT2D eigenvalue weighted by molar-refractivity contribution is -0.138. The first kappa shape index (κ1) is 11.9. The highest BCUT2D eigenvalue weighted by atomic mass is 32.2. The molecule has 1 aliphatic heterocycles. The molecule has 1 amide bonds. The van der Waals surface area contributed by atoms with Crippen molar-refractivity contribution in [3.63, 3.8) is 0 Å². The molecule has 1 fully saturated rings. The molecule has 16 heavy (non-hydrogen) atoms. The topological polar surface area (TPSA) is 53.4 Å². The van der Waals surface area contributed by atoms with Crippen LogP contribution >= 0.6 is 23.1 Å². The molecule has 0 unspecified atom stereocenters. The van der Waals surface area contributed by atoms with E-state index in [-0.39, 0.29) is 12.0 Å². The second-order valence-corrected chi connectivity index (χ2v) is 5.85. The number of likely N-dealkylation sites (tertiary alicyclic amines) is 1. The average Bonchev–Trinajstić information content (AvgIpc) is 2.59. The highest BCUT2D eigenvalue weighted by Crippen LogP contribution is 2.17. The van der Waals surface area contributed by atoms with Gasteiger partial charge >= 0.3 is 0 Å². The van der Waals surface area contributed by atoms with Crippen LogP contribution in [0.1, 0.15) is 10.7 Å². The molecule has 88 valence electrons. The van der Waals surface area contributed by atoms with E-state index in [1.807, 2.05) is 12.3 Å². The lowest BCUT2D eigenvalue weighted by atomic mass is 10.2. The van der Waals surface area contributed by atoms with Gasteiger partial charge in [-0.3, -0.25) is 4.79 Å². The SMILES string of the molecule is Cc1nc(CSCC(=O)N2CC(O)C2)cs1. The van der Waals surface area contributed by atoms with Gasteiger partial charge in [0.05, 0.1) is 22.6 Å². The van der Waals surface area contributed by atoms with Crippen LogP contribution < -0.4 is 0 Å². The molecule has 0 atom stereocenters. The van der Waals surface area contributed by atoms with Crippen LogP contribution in [0.15, 0.2) is 5.38 Å². The van der Waals surface area contributed by atoms with Crippen LogP contribution in [0, 0.1) is 6.92 Å². The number of thiazole rings is 1. The molecule has 1 aromatic rings. The highest BCUT2D eigenvalue weighted by molar-refractivity contribution is 7.99. The van der Waals surface area contributed by atoms with Gasteiger partial charge in [-0.2, -0.15) is 0 Å².